The fraction of sp³-hybridized carbons (Fsp3) is 0.857. The summed E-state index contributed by atoms with van der Waals surface area (Å²) >= 11 is 1.95. The van der Waals surface area contributed by atoms with Gasteiger partial charge in [0, 0.05) is 17.8 Å². The quantitative estimate of drug-likeness (QED) is 0.836. The first-order valence-corrected chi connectivity index (χ1v) is 8.45. The third-order valence-electron chi connectivity index (χ3n) is 4.46. The molecule has 1 saturated heterocycles. The van der Waals surface area contributed by atoms with E-state index in [2.05, 4.69) is 12.2 Å². The molecule has 3 atom stereocenters. The molecule has 2 amide bonds. The molecule has 1 aliphatic carbocycles. The van der Waals surface area contributed by atoms with E-state index >= 15 is 0 Å². The maximum atomic E-state index is 12.3. The van der Waals surface area contributed by atoms with Gasteiger partial charge in [-0.2, -0.15) is 11.8 Å². The molecule has 0 aromatic rings. The van der Waals surface area contributed by atoms with Crippen LogP contribution in [0.4, 0.5) is 4.79 Å². The number of carboxylic acid groups (broad SMARTS) is 1. The van der Waals surface area contributed by atoms with E-state index in [9.17, 15) is 14.7 Å². The Hall–Kier alpha value is -0.910. The Labute approximate surface area is 124 Å². The average Bonchev–Trinajstić information content (AvgIpc) is 2.97. The van der Waals surface area contributed by atoms with Crippen molar-refractivity contribution in [1.29, 1.82) is 0 Å². The van der Waals surface area contributed by atoms with Crippen LogP contribution in [0.3, 0.4) is 0 Å². The predicted octanol–water partition coefficient (Wildman–Crippen LogP) is 2.31. The first-order valence-electron chi connectivity index (χ1n) is 7.40. The minimum absolute atomic E-state index is 0.199. The van der Waals surface area contributed by atoms with Crippen LogP contribution in [0.25, 0.3) is 0 Å². The van der Waals surface area contributed by atoms with Gasteiger partial charge in [0.2, 0.25) is 0 Å². The third kappa shape index (κ3) is 3.05. The van der Waals surface area contributed by atoms with Crippen molar-refractivity contribution in [2.45, 2.75) is 62.8 Å². The normalized spacial score (nSPS) is 33.4. The van der Waals surface area contributed by atoms with Crippen molar-refractivity contribution >= 4 is 23.8 Å². The molecule has 2 fully saturated rings. The van der Waals surface area contributed by atoms with Crippen molar-refractivity contribution in [2.24, 2.45) is 0 Å². The zero-order valence-electron chi connectivity index (χ0n) is 12.2. The van der Waals surface area contributed by atoms with E-state index in [1.165, 1.54) is 4.90 Å². The van der Waals surface area contributed by atoms with Crippen molar-refractivity contribution < 1.29 is 14.7 Å². The molecule has 0 bridgehead atoms. The molecule has 0 spiro atoms. The van der Waals surface area contributed by atoms with Crippen LogP contribution in [-0.2, 0) is 4.79 Å². The monoisotopic (exact) mass is 300 g/mol. The van der Waals surface area contributed by atoms with Gasteiger partial charge in [0.25, 0.3) is 0 Å². The van der Waals surface area contributed by atoms with Crippen LogP contribution in [0.1, 0.15) is 46.0 Å². The van der Waals surface area contributed by atoms with Crippen LogP contribution in [0.2, 0.25) is 0 Å². The van der Waals surface area contributed by atoms with Crippen molar-refractivity contribution in [2.75, 3.05) is 12.3 Å². The van der Waals surface area contributed by atoms with Gasteiger partial charge in [-0.05, 0) is 44.8 Å². The van der Waals surface area contributed by atoms with E-state index in [1.54, 1.807) is 6.92 Å². The highest BCUT2D eigenvalue weighted by atomic mass is 32.2. The Morgan fingerprint density at radius 1 is 1.45 bits per heavy atom. The van der Waals surface area contributed by atoms with Crippen molar-refractivity contribution in [3.05, 3.63) is 0 Å². The van der Waals surface area contributed by atoms with E-state index in [0.29, 0.717) is 18.2 Å². The second kappa shape index (κ2) is 6.24. The number of nitrogens with one attached hydrogen (secondary N) is 1. The van der Waals surface area contributed by atoms with Crippen LogP contribution in [0.5, 0.6) is 0 Å². The zero-order chi connectivity index (χ0) is 14.8. The number of urea groups is 1. The van der Waals surface area contributed by atoms with E-state index in [0.717, 1.165) is 31.4 Å². The lowest BCUT2D eigenvalue weighted by Crippen LogP contribution is -2.55. The van der Waals surface area contributed by atoms with Gasteiger partial charge in [0.05, 0.1) is 0 Å². The Balaban J connectivity index is 1.91. The number of carboxylic acids is 1. The summed E-state index contributed by atoms with van der Waals surface area (Å²) in [6.07, 6.45) is 4.44. The molecular formula is C14H24N2O3S. The van der Waals surface area contributed by atoms with E-state index in [1.807, 2.05) is 11.8 Å². The molecule has 0 aromatic carbocycles. The number of thioether (sulfide) groups is 1. The van der Waals surface area contributed by atoms with Crippen molar-refractivity contribution in [3.8, 4) is 0 Å². The van der Waals surface area contributed by atoms with Gasteiger partial charge in [-0.3, -0.25) is 0 Å². The Morgan fingerprint density at radius 3 is 2.85 bits per heavy atom. The van der Waals surface area contributed by atoms with Crippen molar-refractivity contribution in [1.82, 2.24) is 10.2 Å². The fourth-order valence-electron chi connectivity index (χ4n) is 3.22. The summed E-state index contributed by atoms with van der Waals surface area (Å²) in [5, 5.41) is 13.0. The second-order valence-corrected chi connectivity index (χ2v) is 7.45. The molecule has 1 heterocycles. The van der Waals surface area contributed by atoms with E-state index in [4.69, 9.17) is 0 Å². The SMILES string of the molecule is CCSC1CCC(NC(=O)N2CCCC2(C)C(=O)O)C1. The largest absolute Gasteiger partial charge is 0.480 e. The highest BCUT2D eigenvalue weighted by Gasteiger charge is 2.46. The average molecular weight is 300 g/mol. The van der Waals surface area contributed by atoms with Gasteiger partial charge in [0.1, 0.15) is 5.54 Å². The fourth-order valence-corrected chi connectivity index (χ4v) is 4.36. The molecular weight excluding hydrogens is 276 g/mol. The number of carbonyl (C=O) groups is 2. The van der Waals surface area contributed by atoms with Crippen LogP contribution < -0.4 is 5.32 Å². The molecule has 3 unspecified atom stereocenters. The molecule has 2 aliphatic rings. The summed E-state index contributed by atoms with van der Waals surface area (Å²) in [4.78, 5) is 25.2. The van der Waals surface area contributed by atoms with Crippen LogP contribution in [0.15, 0.2) is 0 Å². The van der Waals surface area contributed by atoms with Gasteiger partial charge >= 0.3 is 12.0 Å². The molecule has 114 valence electrons. The second-order valence-electron chi connectivity index (χ2n) is 5.87. The summed E-state index contributed by atoms with van der Waals surface area (Å²) in [5.41, 5.74) is -1.04. The molecule has 1 saturated carbocycles. The number of amides is 2. The minimum atomic E-state index is -1.04. The summed E-state index contributed by atoms with van der Waals surface area (Å²) in [6, 6.07) is -0.00950. The first kappa shape index (κ1) is 15.5. The summed E-state index contributed by atoms with van der Waals surface area (Å²) < 4.78 is 0. The Morgan fingerprint density at radius 2 is 2.20 bits per heavy atom. The van der Waals surface area contributed by atoms with Gasteiger partial charge in [-0.15, -0.1) is 0 Å². The standard InChI is InChI=1S/C14H24N2O3S/c1-3-20-11-6-5-10(9-11)15-13(19)16-8-4-7-14(16,2)12(17)18/h10-11H,3-9H2,1-2H3,(H,15,19)(H,17,18). The molecule has 0 aromatic heterocycles. The van der Waals surface area contributed by atoms with Gasteiger partial charge in [-0.1, -0.05) is 6.92 Å². The van der Waals surface area contributed by atoms with Crippen molar-refractivity contribution in [3.63, 3.8) is 0 Å². The summed E-state index contributed by atoms with van der Waals surface area (Å²) in [5.74, 6) is 0.199. The molecule has 1 aliphatic heterocycles. The maximum absolute atomic E-state index is 12.3. The maximum Gasteiger partial charge on any atom is 0.329 e. The highest BCUT2D eigenvalue weighted by Crippen LogP contribution is 2.32. The van der Waals surface area contributed by atoms with E-state index in [-0.39, 0.29) is 12.1 Å². The first-order chi connectivity index (χ1) is 9.47. The third-order valence-corrected chi connectivity index (χ3v) is 5.69. The van der Waals surface area contributed by atoms with Gasteiger partial charge in [0.15, 0.2) is 0 Å². The Bertz CT molecular complexity index is 391. The lowest BCUT2D eigenvalue weighted by atomic mass is 10.00. The number of hydrogen-bond donors (Lipinski definition) is 2. The molecule has 2 N–H and O–H groups in total. The topological polar surface area (TPSA) is 69.6 Å². The summed E-state index contributed by atoms with van der Waals surface area (Å²) in [6.45, 7) is 4.33. The lowest BCUT2D eigenvalue weighted by molar-refractivity contribution is -0.147. The van der Waals surface area contributed by atoms with Crippen LogP contribution in [-0.4, -0.2) is 51.1 Å². The molecule has 5 nitrogen and oxygen atoms in total. The van der Waals surface area contributed by atoms with Gasteiger partial charge in [-0.25, -0.2) is 9.59 Å². The number of likely N-dealkylation sites (tertiary alicyclic amines) is 1. The molecule has 6 heteroatoms. The zero-order valence-corrected chi connectivity index (χ0v) is 13.0. The van der Waals surface area contributed by atoms with Gasteiger partial charge < -0.3 is 15.3 Å². The number of aliphatic carboxylic acids is 1. The Kier molecular flexibility index (Phi) is 4.83. The highest BCUT2D eigenvalue weighted by molar-refractivity contribution is 7.99. The molecule has 0 radical (unpaired) electrons. The number of hydrogen-bond acceptors (Lipinski definition) is 3. The molecule has 2 rings (SSSR count). The van der Waals surface area contributed by atoms with Crippen LogP contribution in [0, 0.1) is 0 Å². The minimum Gasteiger partial charge on any atom is -0.480 e. The van der Waals surface area contributed by atoms with Crippen LogP contribution >= 0.6 is 11.8 Å². The lowest BCUT2D eigenvalue weighted by Gasteiger charge is -2.32. The number of nitrogens with zero attached hydrogens (tertiary/aromatic N) is 1. The molecule has 20 heavy (non-hydrogen) atoms. The number of carbonyl (C=O) groups excluding carboxylic acids is 1. The summed E-state index contributed by atoms with van der Waals surface area (Å²) in [7, 11) is 0. The van der Waals surface area contributed by atoms with E-state index < -0.39 is 11.5 Å². The smallest absolute Gasteiger partial charge is 0.329 e. The number of rotatable bonds is 4. The predicted molar refractivity (Wildman–Crippen MR) is 80.1 cm³/mol.